The van der Waals surface area contributed by atoms with E-state index >= 15 is 0 Å². The Morgan fingerprint density at radius 1 is 1.53 bits per heavy atom. The molecule has 1 aliphatic rings. The molecule has 0 aromatic heterocycles. The molecule has 0 radical (unpaired) electrons. The first-order valence-corrected chi connectivity index (χ1v) is 7.62. The summed E-state index contributed by atoms with van der Waals surface area (Å²) in [7, 11) is 1.77. The van der Waals surface area contributed by atoms with E-state index in [1.165, 1.54) is 18.5 Å². The van der Waals surface area contributed by atoms with E-state index in [1.807, 2.05) is 6.07 Å². The lowest BCUT2D eigenvalue weighted by Gasteiger charge is -2.34. The van der Waals surface area contributed by atoms with Crippen LogP contribution in [0.2, 0.25) is 0 Å². The second-order valence-corrected chi connectivity index (χ2v) is 6.15. The first-order chi connectivity index (χ1) is 9.11. The zero-order chi connectivity index (χ0) is 13.8. The van der Waals surface area contributed by atoms with Gasteiger partial charge in [-0.1, -0.05) is 22.0 Å². The molecule has 0 saturated carbocycles. The number of rotatable bonds is 4. The first kappa shape index (κ1) is 14.8. The second kappa shape index (κ2) is 6.73. The molecule has 2 rings (SSSR count). The van der Waals surface area contributed by atoms with Crippen molar-refractivity contribution >= 4 is 21.6 Å². The number of anilines is 1. The molecule has 1 aliphatic heterocycles. The van der Waals surface area contributed by atoms with E-state index < -0.39 is 6.10 Å². The highest BCUT2D eigenvalue weighted by molar-refractivity contribution is 9.10. The average molecular weight is 328 g/mol. The van der Waals surface area contributed by atoms with Gasteiger partial charge in [0.1, 0.15) is 0 Å². The van der Waals surface area contributed by atoms with Crippen molar-refractivity contribution in [3.63, 3.8) is 0 Å². The molecule has 3 nitrogen and oxygen atoms in total. The standard InChI is InChI=1S/C15H22BrNO2/c1-11(18)14-6-5-13(8-15(14)16)17-7-3-4-12(9-17)10-19-2/h5-6,8,11-12,18H,3-4,7,9-10H2,1-2H3/t11-,12?/m0/s1. The fraction of sp³-hybridized carbons (Fsp3) is 0.600. The molecule has 0 bridgehead atoms. The van der Waals surface area contributed by atoms with Crippen LogP contribution in [0.5, 0.6) is 0 Å². The van der Waals surface area contributed by atoms with Gasteiger partial charge in [-0.3, -0.25) is 0 Å². The summed E-state index contributed by atoms with van der Waals surface area (Å²) in [5, 5.41) is 9.66. The van der Waals surface area contributed by atoms with Gasteiger partial charge >= 0.3 is 0 Å². The number of methoxy groups -OCH3 is 1. The van der Waals surface area contributed by atoms with E-state index in [4.69, 9.17) is 4.74 Å². The van der Waals surface area contributed by atoms with Gasteiger partial charge in [0.05, 0.1) is 12.7 Å². The average Bonchev–Trinajstić information content (AvgIpc) is 2.39. The number of aliphatic hydroxyl groups excluding tert-OH is 1. The quantitative estimate of drug-likeness (QED) is 0.920. The molecule has 0 aliphatic carbocycles. The highest BCUT2D eigenvalue weighted by Crippen LogP contribution is 2.30. The van der Waals surface area contributed by atoms with Crippen LogP contribution in [0.15, 0.2) is 22.7 Å². The molecule has 1 aromatic rings. The molecule has 0 amide bonds. The van der Waals surface area contributed by atoms with Crippen molar-refractivity contribution < 1.29 is 9.84 Å². The van der Waals surface area contributed by atoms with Crippen molar-refractivity contribution in [2.75, 3.05) is 31.7 Å². The van der Waals surface area contributed by atoms with Gasteiger partial charge in [-0.25, -0.2) is 0 Å². The zero-order valence-electron chi connectivity index (χ0n) is 11.6. The van der Waals surface area contributed by atoms with Crippen LogP contribution in [0.3, 0.4) is 0 Å². The Balaban J connectivity index is 2.11. The maximum Gasteiger partial charge on any atom is 0.0772 e. The molecule has 1 N–H and O–H groups in total. The number of benzene rings is 1. The monoisotopic (exact) mass is 327 g/mol. The summed E-state index contributed by atoms with van der Waals surface area (Å²) in [6.07, 6.45) is 2.02. The van der Waals surface area contributed by atoms with E-state index in [0.717, 1.165) is 29.7 Å². The second-order valence-electron chi connectivity index (χ2n) is 5.29. The Hall–Kier alpha value is -0.580. The Morgan fingerprint density at radius 2 is 2.32 bits per heavy atom. The van der Waals surface area contributed by atoms with E-state index in [1.54, 1.807) is 14.0 Å². The normalized spacial score (nSPS) is 21.5. The Morgan fingerprint density at radius 3 is 2.95 bits per heavy atom. The summed E-state index contributed by atoms with van der Waals surface area (Å²) in [5.74, 6) is 0.619. The minimum absolute atomic E-state index is 0.439. The van der Waals surface area contributed by atoms with Gasteiger partial charge in [-0.2, -0.15) is 0 Å². The van der Waals surface area contributed by atoms with Gasteiger partial charge in [-0.05, 0) is 43.4 Å². The molecule has 2 atom stereocenters. The maximum atomic E-state index is 9.66. The Bertz CT molecular complexity index is 421. The van der Waals surface area contributed by atoms with Gasteiger partial charge in [0.25, 0.3) is 0 Å². The van der Waals surface area contributed by atoms with Crippen molar-refractivity contribution in [3.05, 3.63) is 28.2 Å². The number of nitrogens with zero attached hydrogens (tertiary/aromatic N) is 1. The number of halogens is 1. The molecule has 106 valence electrons. The van der Waals surface area contributed by atoms with Crippen molar-refractivity contribution in [3.8, 4) is 0 Å². The van der Waals surface area contributed by atoms with Crippen LogP contribution in [-0.2, 0) is 4.74 Å². The summed E-state index contributed by atoms with van der Waals surface area (Å²) in [6.45, 7) is 4.77. The summed E-state index contributed by atoms with van der Waals surface area (Å²) in [6, 6.07) is 6.21. The molecular formula is C15H22BrNO2. The first-order valence-electron chi connectivity index (χ1n) is 6.83. The third-order valence-corrected chi connectivity index (χ3v) is 4.41. The fourth-order valence-corrected chi connectivity index (χ4v) is 3.42. The van der Waals surface area contributed by atoms with Crippen LogP contribution < -0.4 is 4.90 Å². The van der Waals surface area contributed by atoms with Crippen molar-refractivity contribution in [1.82, 2.24) is 0 Å². The number of hydrogen-bond donors (Lipinski definition) is 1. The lowest BCUT2D eigenvalue weighted by molar-refractivity contribution is 0.143. The summed E-state index contributed by atoms with van der Waals surface area (Å²) >= 11 is 3.55. The molecular weight excluding hydrogens is 306 g/mol. The predicted octanol–water partition coefficient (Wildman–Crippen LogP) is 3.37. The fourth-order valence-electron chi connectivity index (χ4n) is 2.72. The van der Waals surface area contributed by atoms with Crippen LogP contribution >= 0.6 is 15.9 Å². The molecule has 1 heterocycles. The zero-order valence-corrected chi connectivity index (χ0v) is 13.2. The number of hydrogen-bond acceptors (Lipinski definition) is 3. The minimum Gasteiger partial charge on any atom is -0.389 e. The highest BCUT2D eigenvalue weighted by atomic mass is 79.9. The largest absolute Gasteiger partial charge is 0.389 e. The van der Waals surface area contributed by atoms with Crippen molar-refractivity contribution in [2.24, 2.45) is 5.92 Å². The van der Waals surface area contributed by atoms with Crippen LogP contribution in [0, 0.1) is 5.92 Å². The van der Waals surface area contributed by atoms with Gasteiger partial charge in [0, 0.05) is 30.4 Å². The van der Waals surface area contributed by atoms with E-state index in [-0.39, 0.29) is 0 Å². The van der Waals surface area contributed by atoms with E-state index in [2.05, 4.69) is 33.0 Å². The van der Waals surface area contributed by atoms with Crippen LogP contribution in [0.4, 0.5) is 5.69 Å². The topological polar surface area (TPSA) is 32.7 Å². The summed E-state index contributed by atoms with van der Waals surface area (Å²) in [4.78, 5) is 2.41. The smallest absolute Gasteiger partial charge is 0.0772 e. The number of ether oxygens (including phenoxy) is 1. The number of aliphatic hydroxyl groups is 1. The van der Waals surface area contributed by atoms with E-state index in [0.29, 0.717) is 5.92 Å². The molecule has 1 unspecified atom stereocenters. The number of piperidine rings is 1. The third kappa shape index (κ3) is 3.71. The Labute approximate surface area is 123 Å². The molecule has 19 heavy (non-hydrogen) atoms. The SMILES string of the molecule is COCC1CCCN(c2ccc([C@H](C)O)c(Br)c2)C1. The van der Waals surface area contributed by atoms with Crippen LogP contribution in [0.25, 0.3) is 0 Å². The predicted molar refractivity (Wildman–Crippen MR) is 81.6 cm³/mol. The minimum atomic E-state index is -0.439. The maximum absolute atomic E-state index is 9.66. The van der Waals surface area contributed by atoms with E-state index in [9.17, 15) is 5.11 Å². The van der Waals surface area contributed by atoms with Gasteiger partial charge in [-0.15, -0.1) is 0 Å². The van der Waals surface area contributed by atoms with Gasteiger partial charge in [0.15, 0.2) is 0 Å². The molecule has 1 aromatic carbocycles. The summed E-state index contributed by atoms with van der Waals surface area (Å²) in [5.41, 5.74) is 2.16. The van der Waals surface area contributed by atoms with Gasteiger partial charge < -0.3 is 14.7 Å². The highest BCUT2D eigenvalue weighted by Gasteiger charge is 2.20. The van der Waals surface area contributed by atoms with Crippen molar-refractivity contribution in [2.45, 2.75) is 25.9 Å². The third-order valence-electron chi connectivity index (χ3n) is 3.72. The lowest BCUT2D eigenvalue weighted by Crippen LogP contribution is -2.37. The van der Waals surface area contributed by atoms with Crippen LogP contribution in [-0.4, -0.2) is 31.9 Å². The molecule has 4 heteroatoms. The van der Waals surface area contributed by atoms with Gasteiger partial charge in [0.2, 0.25) is 0 Å². The Kier molecular flexibility index (Phi) is 5.25. The van der Waals surface area contributed by atoms with Crippen LogP contribution in [0.1, 0.15) is 31.4 Å². The molecule has 1 saturated heterocycles. The molecule has 1 fully saturated rings. The summed E-state index contributed by atoms with van der Waals surface area (Å²) < 4.78 is 6.25. The lowest BCUT2D eigenvalue weighted by atomic mass is 9.98. The molecule has 0 spiro atoms. The van der Waals surface area contributed by atoms with Crippen molar-refractivity contribution in [1.29, 1.82) is 0 Å².